The van der Waals surface area contributed by atoms with Gasteiger partial charge in [0.2, 0.25) is 0 Å². The van der Waals surface area contributed by atoms with Crippen molar-refractivity contribution in [1.82, 2.24) is 0 Å². The first-order valence-corrected chi connectivity index (χ1v) is 8.10. The molecule has 0 spiro atoms. The molecule has 0 bridgehead atoms. The molecule has 2 rings (SSSR count). The van der Waals surface area contributed by atoms with E-state index in [-0.39, 0.29) is 5.41 Å². The van der Waals surface area contributed by atoms with Crippen molar-refractivity contribution in [3.05, 3.63) is 35.4 Å². The highest BCUT2D eigenvalue weighted by Gasteiger charge is 2.17. The second-order valence-corrected chi connectivity index (χ2v) is 7.29. The summed E-state index contributed by atoms with van der Waals surface area (Å²) in [5.74, 6) is 1.11. The molecule has 0 heterocycles. The van der Waals surface area contributed by atoms with Crippen LogP contribution in [0.2, 0.25) is 0 Å². The van der Waals surface area contributed by atoms with Crippen LogP contribution < -0.4 is 0 Å². The van der Waals surface area contributed by atoms with Crippen LogP contribution in [0, 0.1) is 5.92 Å². The van der Waals surface area contributed by atoms with Crippen molar-refractivity contribution >= 4 is 5.78 Å². The average molecular weight is 272 g/mol. The molecule has 0 N–H and O–H groups in total. The summed E-state index contributed by atoms with van der Waals surface area (Å²) in [5, 5.41) is 0. The van der Waals surface area contributed by atoms with Gasteiger partial charge in [0.25, 0.3) is 0 Å². The summed E-state index contributed by atoms with van der Waals surface area (Å²) in [7, 11) is 0. The maximum Gasteiger partial charge on any atom is 0.162 e. The van der Waals surface area contributed by atoms with E-state index in [4.69, 9.17) is 0 Å². The lowest BCUT2D eigenvalue weighted by Gasteiger charge is -2.21. The third-order valence-electron chi connectivity index (χ3n) is 4.58. The van der Waals surface area contributed by atoms with Crippen LogP contribution in [0.5, 0.6) is 0 Å². The Labute approximate surface area is 123 Å². The van der Waals surface area contributed by atoms with Gasteiger partial charge >= 0.3 is 0 Å². The van der Waals surface area contributed by atoms with E-state index in [1.807, 2.05) is 12.1 Å². The van der Waals surface area contributed by atoms with Crippen LogP contribution in [0.25, 0.3) is 0 Å². The van der Waals surface area contributed by atoms with E-state index in [0.29, 0.717) is 5.78 Å². The maximum atomic E-state index is 12.2. The first kappa shape index (κ1) is 15.3. The molecule has 1 aromatic rings. The van der Waals surface area contributed by atoms with E-state index in [1.54, 1.807) is 0 Å². The zero-order valence-corrected chi connectivity index (χ0v) is 13.2. The number of carbonyl (C=O) groups is 1. The Morgan fingerprint density at radius 1 is 1.05 bits per heavy atom. The number of ketones is 1. The largest absolute Gasteiger partial charge is 0.294 e. The van der Waals surface area contributed by atoms with Gasteiger partial charge in [0.15, 0.2) is 5.78 Å². The molecule has 20 heavy (non-hydrogen) atoms. The predicted molar refractivity (Wildman–Crippen MR) is 85.3 cm³/mol. The van der Waals surface area contributed by atoms with Gasteiger partial charge in [-0.15, -0.1) is 0 Å². The number of hydrogen-bond acceptors (Lipinski definition) is 1. The van der Waals surface area contributed by atoms with Gasteiger partial charge in [-0.25, -0.2) is 0 Å². The van der Waals surface area contributed by atoms with Crippen molar-refractivity contribution < 1.29 is 4.79 Å². The Balaban J connectivity index is 1.89. The van der Waals surface area contributed by atoms with Crippen LogP contribution in [-0.4, -0.2) is 5.78 Å². The third-order valence-corrected chi connectivity index (χ3v) is 4.58. The summed E-state index contributed by atoms with van der Waals surface area (Å²) in [6, 6.07) is 8.22. The highest BCUT2D eigenvalue weighted by Crippen LogP contribution is 2.28. The number of Topliss-reactive ketones (excluding diaryl/α,β-unsaturated/α-hetero) is 1. The molecule has 1 aromatic carbocycles. The Hall–Kier alpha value is -1.11. The monoisotopic (exact) mass is 272 g/mol. The summed E-state index contributed by atoms with van der Waals surface area (Å²) >= 11 is 0. The molecule has 0 aliphatic heterocycles. The van der Waals surface area contributed by atoms with E-state index in [0.717, 1.165) is 24.3 Å². The van der Waals surface area contributed by atoms with Gasteiger partial charge in [-0.3, -0.25) is 4.79 Å². The quantitative estimate of drug-likeness (QED) is 0.659. The van der Waals surface area contributed by atoms with Gasteiger partial charge in [-0.05, 0) is 23.3 Å². The van der Waals surface area contributed by atoms with E-state index in [2.05, 4.69) is 32.9 Å². The first-order valence-electron chi connectivity index (χ1n) is 8.10. The lowest BCUT2D eigenvalue weighted by atomic mass is 9.84. The smallest absolute Gasteiger partial charge is 0.162 e. The molecule has 1 aliphatic rings. The second-order valence-electron chi connectivity index (χ2n) is 7.29. The molecule has 1 fully saturated rings. The summed E-state index contributed by atoms with van der Waals surface area (Å²) in [5.41, 5.74) is 2.33. The lowest BCUT2D eigenvalue weighted by Crippen LogP contribution is -2.12. The van der Waals surface area contributed by atoms with Crippen LogP contribution in [0.3, 0.4) is 0 Å². The Kier molecular flexibility index (Phi) is 5.01. The zero-order valence-electron chi connectivity index (χ0n) is 13.2. The van der Waals surface area contributed by atoms with Gasteiger partial charge in [-0.2, -0.15) is 0 Å². The number of benzene rings is 1. The van der Waals surface area contributed by atoms with Gasteiger partial charge in [-0.1, -0.05) is 77.1 Å². The molecule has 0 unspecified atom stereocenters. The van der Waals surface area contributed by atoms with E-state index >= 15 is 0 Å². The van der Waals surface area contributed by atoms with Crippen molar-refractivity contribution in [3.8, 4) is 0 Å². The molecular weight excluding hydrogens is 244 g/mol. The minimum absolute atomic E-state index is 0.156. The van der Waals surface area contributed by atoms with Crippen molar-refractivity contribution in [3.63, 3.8) is 0 Å². The molecule has 1 heteroatoms. The Morgan fingerprint density at radius 3 is 2.20 bits per heavy atom. The normalized spacial score (nSPS) is 17.1. The van der Waals surface area contributed by atoms with Crippen LogP contribution in [0.1, 0.15) is 81.6 Å². The molecule has 1 saturated carbocycles. The van der Waals surface area contributed by atoms with Crippen LogP contribution in [-0.2, 0) is 5.41 Å². The van der Waals surface area contributed by atoms with Gasteiger partial charge < -0.3 is 0 Å². The fraction of sp³-hybridized carbons (Fsp3) is 0.632. The number of carbonyl (C=O) groups excluding carboxylic acids is 1. The summed E-state index contributed by atoms with van der Waals surface area (Å²) in [6.07, 6.45) is 8.57. The van der Waals surface area contributed by atoms with E-state index < -0.39 is 0 Å². The maximum absolute atomic E-state index is 12.2. The lowest BCUT2D eigenvalue weighted by molar-refractivity contribution is 0.0970. The molecule has 0 amide bonds. The van der Waals surface area contributed by atoms with Crippen molar-refractivity contribution in [2.24, 2.45) is 5.92 Å². The number of rotatable bonds is 4. The SMILES string of the molecule is CC(C)(C)c1ccc(C(=O)CCC2CCCCC2)cc1. The molecule has 1 aliphatic carbocycles. The molecule has 0 aromatic heterocycles. The standard InChI is InChI=1S/C19H28O/c1-19(2,3)17-12-10-16(11-13-17)18(20)14-9-15-7-5-4-6-8-15/h10-13,15H,4-9,14H2,1-3H3. The predicted octanol–water partition coefficient (Wildman–Crippen LogP) is 5.53. The minimum atomic E-state index is 0.156. The topological polar surface area (TPSA) is 17.1 Å². The fourth-order valence-corrected chi connectivity index (χ4v) is 3.11. The Bertz CT molecular complexity index is 430. The van der Waals surface area contributed by atoms with Crippen molar-refractivity contribution in [1.29, 1.82) is 0 Å². The fourth-order valence-electron chi connectivity index (χ4n) is 3.11. The summed E-state index contributed by atoms with van der Waals surface area (Å²) < 4.78 is 0. The number of hydrogen-bond donors (Lipinski definition) is 0. The van der Waals surface area contributed by atoms with Crippen molar-refractivity contribution in [2.45, 2.75) is 71.1 Å². The Morgan fingerprint density at radius 2 is 1.65 bits per heavy atom. The third kappa shape index (κ3) is 4.19. The van der Waals surface area contributed by atoms with Gasteiger partial charge in [0, 0.05) is 12.0 Å². The highest BCUT2D eigenvalue weighted by molar-refractivity contribution is 5.96. The van der Waals surface area contributed by atoms with Crippen LogP contribution >= 0.6 is 0 Å². The van der Waals surface area contributed by atoms with Gasteiger partial charge in [0.05, 0.1) is 0 Å². The zero-order chi connectivity index (χ0) is 14.6. The summed E-state index contributed by atoms with van der Waals surface area (Å²) in [6.45, 7) is 6.60. The first-order chi connectivity index (χ1) is 9.47. The minimum Gasteiger partial charge on any atom is -0.294 e. The van der Waals surface area contributed by atoms with Crippen LogP contribution in [0.4, 0.5) is 0 Å². The molecular formula is C19H28O. The summed E-state index contributed by atoms with van der Waals surface area (Å²) in [4.78, 5) is 12.2. The highest BCUT2D eigenvalue weighted by atomic mass is 16.1. The molecule has 110 valence electrons. The van der Waals surface area contributed by atoms with Gasteiger partial charge in [0.1, 0.15) is 0 Å². The average Bonchev–Trinajstić information content (AvgIpc) is 2.45. The molecule has 1 nitrogen and oxygen atoms in total. The second kappa shape index (κ2) is 6.56. The molecule has 0 radical (unpaired) electrons. The molecule has 0 atom stereocenters. The van der Waals surface area contributed by atoms with E-state index in [9.17, 15) is 4.79 Å². The van der Waals surface area contributed by atoms with E-state index in [1.165, 1.54) is 37.7 Å². The molecule has 0 saturated heterocycles. The van der Waals surface area contributed by atoms with Crippen LogP contribution in [0.15, 0.2) is 24.3 Å². The van der Waals surface area contributed by atoms with Crippen molar-refractivity contribution in [2.75, 3.05) is 0 Å².